The maximum Gasteiger partial charge on any atom is 0.0992 e. The first-order chi connectivity index (χ1) is 8.67. The lowest BCUT2D eigenvalue weighted by Crippen LogP contribution is -2.15. The van der Waals surface area contributed by atoms with Crippen LogP contribution in [0, 0.1) is 11.3 Å². The molecule has 1 N–H and O–H groups in total. The molecule has 0 spiro atoms. The molecule has 0 amide bonds. The van der Waals surface area contributed by atoms with Gasteiger partial charge in [0.25, 0.3) is 0 Å². The van der Waals surface area contributed by atoms with Crippen molar-refractivity contribution in [1.82, 2.24) is 0 Å². The fraction of sp³-hybridized carbons (Fsp3) is 0.533. The van der Waals surface area contributed by atoms with E-state index in [1.807, 2.05) is 6.07 Å². The van der Waals surface area contributed by atoms with Crippen molar-refractivity contribution in [3.05, 3.63) is 28.8 Å². The Hall–Kier alpha value is -1.20. The van der Waals surface area contributed by atoms with Crippen LogP contribution in [0.5, 0.6) is 0 Å². The smallest absolute Gasteiger partial charge is 0.0992 e. The van der Waals surface area contributed by atoms with Crippen LogP contribution in [0.25, 0.3) is 0 Å². The molecular weight excluding hydrogens is 244 g/mol. The molecular formula is C15H21ClN2. The third-order valence-electron chi connectivity index (χ3n) is 2.99. The van der Waals surface area contributed by atoms with Crippen molar-refractivity contribution in [2.45, 2.75) is 52.0 Å². The van der Waals surface area contributed by atoms with Crippen molar-refractivity contribution in [1.29, 1.82) is 5.26 Å². The van der Waals surface area contributed by atoms with Gasteiger partial charge in [-0.1, -0.05) is 44.2 Å². The first-order valence-corrected chi connectivity index (χ1v) is 7.01. The number of unbranched alkanes of at least 4 members (excludes halogenated alkanes) is 3. The van der Waals surface area contributed by atoms with Gasteiger partial charge in [0.15, 0.2) is 0 Å². The minimum absolute atomic E-state index is 0.383. The van der Waals surface area contributed by atoms with Crippen LogP contribution in [0.2, 0.25) is 5.02 Å². The van der Waals surface area contributed by atoms with Gasteiger partial charge < -0.3 is 5.32 Å². The van der Waals surface area contributed by atoms with E-state index in [0.717, 1.165) is 12.1 Å². The second kappa shape index (κ2) is 8.00. The molecule has 0 aliphatic carbocycles. The van der Waals surface area contributed by atoms with E-state index in [0.29, 0.717) is 16.6 Å². The lowest BCUT2D eigenvalue weighted by molar-refractivity contribution is 0.594. The summed E-state index contributed by atoms with van der Waals surface area (Å²) in [5, 5.41) is 12.9. The third-order valence-corrected chi connectivity index (χ3v) is 3.32. The molecule has 0 aromatic heterocycles. The summed E-state index contributed by atoms with van der Waals surface area (Å²) >= 11 is 6.11. The Balaban J connectivity index is 2.48. The summed E-state index contributed by atoms with van der Waals surface area (Å²) < 4.78 is 0. The average Bonchev–Trinajstić information content (AvgIpc) is 2.37. The summed E-state index contributed by atoms with van der Waals surface area (Å²) in [6.07, 6.45) is 6.22. The van der Waals surface area contributed by atoms with Crippen molar-refractivity contribution in [3.63, 3.8) is 0 Å². The van der Waals surface area contributed by atoms with Crippen LogP contribution >= 0.6 is 11.6 Å². The summed E-state index contributed by atoms with van der Waals surface area (Å²) in [5.41, 5.74) is 1.50. The SMILES string of the molecule is CCCCCCC(C)Nc1cc(C#N)ccc1Cl. The molecule has 98 valence electrons. The highest BCUT2D eigenvalue weighted by molar-refractivity contribution is 6.33. The van der Waals surface area contributed by atoms with E-state index >= 15 is 0 Å². The van der Waals surface area contributed by atoms with Crippen LogP contribution in [0.3, 0.4) is 0 Å². The molecule has 3 heteroatoms. The van der Waals surface area contributed by atoms with Gasteiger partial charge in [-0.3, -0.25) is 0 Å². The third kappa shape index (κ3) is 4.98. The maximum absolute atomic E-state index is 8.87. The molecule has 0 fully saturated rings. The van der Waals surface area contributed by atoms with E-state index in [1.54, 1.807) is 12.1 Å². The predicted octanol–water partition coefficient (Wildman–Crippen LogP) is 4.98. The van der Waals surface area contributed by atoms with Gasteiger partial charge in [-0.15, -0.1) is 0 Å². The fourth-order valence-electron chi connectivity index (χ4n) is 1.92. The first-order valence-electron chi connectivity index (χ1n) is 6.63. The van der Waals surface area contributed by atoms with Gasteiger partial charge >= 0.3 is 0 Å². The van der Waals surface area contributed by atoms with Gasteiger partial charge in [0, 0.05) is 6.04 Å². The molecule has 1 rings (SSSR count). The minimum atomic E-state index is 0.383. The Morgan fingerprint density at radius 3 is 2.78 bits per heavy atom. The molecule has 2 nitrogen and oxygen atoms in total. The highest BCUT2D eigenvalue weighted by atomic mass is 35.5. The molecule has 1 unspecified atom stereocenters. The highest BCUT2D eigenvalue weighted by Crippen LogP contribution is 2.24. The average molecular weight is 265 g/mol. The molecule has 0 radical (unpaired) electrons. The van der Waals surface area contributed by atoms with Crippen LogP contribution < -0.4 is 5.32 Å². The van der Waals surface area contributed by atoms with E-state index in [4.69, 9.17) is 16.9 Å². The van der Waals surface area contributed by atoms with Gasteiger partial charge in [0.05, 0.1) is 22.3 Å². The first kappa shape index (κ1) is 14.9. The van der Waals surface area contributed by atoms with Crippen LogP contribution in [0.4, 0.5) is 5.69 Å². The largest absolute Gasteiger partial charge is 0.381 e. The lowest BCUT2D eigenvalue weighted by Gasteiger charge is -2.16. The molecule has 1 atom stereocenters. The normalized spacial score (nSPS) is 11.9. The van der Waals surface area contributed by atoms with Crippen molar-refractivity contribution in [3.8, 4) is 6.07 Å². The molecule has 0 aliphatic heterocycles. The van der Waals surface area contributed by atoms with E-state index in [1.165, 1.54) is 25.7 Å². The monoisotopic (exact) mass is 264 g/mol. The van der Waals surface area contributed by atoms with Gasteiger partial charge in [-0.2, -0.15) is 5.26 Å². The number of nitrogens with one attached hydrogen (secondary N) is 1. The summed E-state index contributed by atoms with van der Waals surface area (Å²) in [6.45, 7) is 4.37. The number of nitrogens with zero attached hydrogens (tertiary/aromatic N) is 1. The lowest BCUT2D eigenvalue weighted by atomic mass is 10.1. The molecule has 18 heavy (non-hydrogen) atoms. The van der Waals surface area contributed by atoms with Gasteiger partial charge in [0.2, 0.25) is 0 Å². The Morgan fingerprint density at radius 1 is 1.33 bits per heavy atom. The quantitative estimate of drug-likeness (QED) is 0.705. The molecule has 0 saturated carbocycles. The standard InChI is InChI=1S/C15H21ClN2/c1-3-4-5-6-7-12(2)18-15-10-13(11-17)8-9-14(15)16/h8-10,12,18H,3-7H2,1-2H3. The van der Waals surface area contributed by atoms with E-state index in [2.05, 4.69) is 25.2 Å². The Labute approximate surface area is 115 Å². The Kier molecular flexibility index (Phi) is 6.60. The molecule has 1 aromatic carbocycles. The Morgan fingerprint density at radius 2 is 2.11 bits per heavy atom. The highest BCUT2D eigenvalue weighted by Gasteiger charge is 2.06. The van der Waals surface area contributed by atoms with E-state index in [-0.39, 0.29) is 0 Å². The Bertz CT molecular complexity index is 409. The number of halogens is 1. The predicted molar refractivity (Wildman–Crippen MR) is 78.0 cm³/mol. The van der Waals surface area contributed by atoms with E-state index in [9.17, 15) is 0 Å². The topological polar surface area (TPSA) is 35.8 Å². The van der Waals surface area contributed by atoms with Crippen molar-refractivity contribution < 1.29 is 0 Å². The molecule has 0 bridgehead atoms. The van der Waals surface area contributed by atoms with Crippen molar-refractivity contribution >= 4 is 17.3 Å². The second-order valence-electron chi connectivity index (χ2n) is 4.70. The minimum Gasteiger partial charge on any atom is -0.381 e. The summed E-state index contributed by atoms with van der Waals surface area (Å²) in [6, 6.07) is 7.83. The molecule has 0 heterocycles. The molecule has 0 saturated heterocycles. The van der Waals surface area contributed by atoms with Crippen LogP contribution in [0.15, 0.2) is 18.2 Å². The van der Waals surface area contributed by atoms with Gasteiger partial charge in [-0.05, 0) is 31.5 Å². The number of nitriles is 1. The van der Waals surface area contributed by atoms with Crippen molar-refractivity contribution in [2.75, 3.05) is 5.32 Å². The number of anilines is 1. The maximum atomic E-state index is 8.87. The summed E-state index contributed by atoms with van der Waals surface area (Å²) in [4.78, 5) is 0. The number of benzene rings is 1. The van der Waals surface area contributed by atoms with Crippen LogP contribution in [0.1, 0.15) is 51.5 Å². The van der Waals surface area contributed by atoms with Crippen molar-refractivity contribution in [2.24, 2.45) is 0 Å². The number of rotatable bonds is 7. The summed E-state index contributed by atoms with van der Waals surface area (Å²) in [7, 11) is 0. The van der Waals surface area contributed by atoms with E-state index < -0.39 is 0 Å². The zero-order chi connectivity index (χ0) is 13.4. The number of hydrogen-bond acceptors (Lipinski definition) is 2. The molecule has 1 aromatic rings. The second-order valence-corrected chi connectivity index (χ2v) is 5.11. The van der Waals surface area contributed by atoms with Crippen LogP contribution in [-0.2, 0) is 0 Å². The zero-order valence-corrected chi connectivity index (χ0v) is 11.9. The number of hydrogen-bond donors (Lipinski definition) is 1. The van der Waals surface area contributed by atoms with Crippen LogP contribution in [-0.4, -0.2) is 6.04 Å². The van der Waals surface area contributed by atoms with Gasteiger partial charge in [0.1, 0.15) is 0 Å². The summed E-state index contributed by atoms with van der Waals surface area (Å²) in [5.74, 6) is 0. The zero-order valence-electron chi connectivity index (χ0n) is 11.2. The van der Waals surface area contributed by atoms with Gasteiger partial charge in [-0.25, -0.2) is 0 Å². The molecule has 0 aliphatic rings. The fourth-order valence-corrected chi connectivity index (χ4v) is 2.09.